The second-order valence-electron chi connectivity index (χ2n) is 8.09. The summed E-state index contributed by atoms with van der Waals surface area (Å²) < 4.78 is 16.2. The van der Waals surface area contributed by atoms with Gasteiger partial charge in [-0.2, -0.15) is 0 Å². The lowest BCUT2D eigenvalue weighted by Crippen LogP contribution is -2.44. The summed E-state index contributed by atoms with van der Waals surface area (Å²) in [7, 11) is 1.32. The molecule has 162 valence electrons. The number of ether oxygens (including phenoxy) is 3. The Labute approximate surface area is 177 Å². The second kappa shape index (κ2) is 10.7. The first-order chi connectivity index (χ1) is 13.7. The number of hydrogen-bond acceptors (Lipinski definition) is 5. The number of nitrogens with zero attached hydrogens (tertiary/aromatic N) is 1. The van der Waals surface area contributed by atoms with Crippen LogP contribution < -0.4 is 5.32 Å². The first-order valence-electron chi connectivity index (χ1n) is 9.86. The molecule has 8 heteroatoms. The highest BCUT2D eigenvalue weighted by Crippen LogP contribution is 2.34. The minimum Gasteiger partial charge on any atom is -0.453 e. The first kappa shape index (κ1) is 23.3. The number of alkyl carbamates (subject to hydrolysis) is 1. The molecule has 1 heterocycles. The van der Waals surface area contributed by atoms with E-state index in [1.165, 1.54) is 7.11 Å². The third kappa shape index (κ3) is 7.74. The number of halogens is 1. The SMILES string of the molecule is COC(=O)NCCOC(c1cccc(Cl)c1)C1CCCN(C(=O)OC(C)(C)C)C1. The molecule has 2 atom stereocenters. The molecule has 1 aliphatic heterocycles. The van der Waals surface area contributed by atoms with Crippen LogP contribution in [0.5, 0.6) is 0 Å². The van der Waals surface area contributed by atoms with Crippen molar-refractivity contribution in [2.45, 2.75) is 45.3 Å². The zero-order chi connectivity index (χ0) is 21.4. The Morgan fingerprint density at radius 1 is 1.34 bits per heavy atom. The zero-order valence-electron chi connectivity index (χ0n) is 17.6. The van der Waals surface area contributed by atoms with Crippen LogP contribution in [-0.2, 0) is 14.2 Å². The molecule has 1 aromatic carbocycles. The lowest BCUT2D eigenvalue weighted by atomic mass is 9.88. The van der Waals surface area contributed by atoms with Gasteiger partial charge in [-0.1, -0.05) is 23.7 Å². The van der Waals surface area contributed by atoms with E-state index in [1.807, 2.05) is 45.0 Å². The van der Waals surface area contributed by atoms with Gasteiger partial charge in [0.1, 0.15) is 5.60 Å². The van der Waals surface area contributed by atoms with Crippen molar-refractivity contribution >= 4 is 23.8 Å². The Morgan fingerprint density at radius 3 is 2.76 bits per heavy atom. The first-order valence-corrected chi connectivity index (χ1v) is 10.2. The van der Waals surface area contributed by atoms with Gasteiger partial charge in [0.25, 0.3) is 0 Å². The molecular weight excluding hydrogens is 396 g/mol. The van der Waals surface area contributed by atoms with Crippen LogP contribution in [0.4, 0.5) is 9.59 Å². The summed E-state index contributed by atoms with van der Waals surface area (Å²) in [6.07, 6.45) is 0.727. The van der Waals surface area contributed by atoms with Gasteiger partial charge in [-0.15, -0.1) is 0 Å². The Balaban J connectivity index is 2.08. The summed E-state index contributed by atoms with van der Waals surface area (Å²) in [6.45, 7) is 7.42. The third-order valence-corrected chi connectivity index (χ3v) is 4.80. The molecule has 1 fully saturated rings. The van der Waals surface area contributed by atoms with E-state index >= 15 is 0 Å². The fourth-order valence-corrected chi connectivity index (χ4v) is 3.55. The average Bonchev–Trinajstić information content (AvgIpc) is 2.66. The standard InChI is InChI=1S/C21H31ClN2O5/c1-21(2,3)29-20(26)24-11-6-8-16(14-24)18(15-7-5-9-17(22)13-15)28-12-10-23-19(25)27-4/h5,7,9,13,16,18H,6,8,10-12,14H2,1-4H3,(H,23,25). The van der Waals surface area contributed by atoms with Crippen LogP contribution in [-0.4, -0.2) is 56.0 Å². The molecule has 0 spiro atoms. The number of carbonyl (C=O) groups excluding carboxylic acids is 2. The van der Waals surface area contributed by atoms with E-state index in [-0.39, 0.29) is 18.1 Å². The van der Waals surface area contributed by atoms with Crippen molar-refractivity contribution in [2.75, 3.05) is 33.4 Å². The Bertz CT molecular complexity index is 692. The Kier molecular flexibility index (Phi) is 8.59. The largest absolute Gasteiger partial charge is 0.453 e. The van der Waals surface area contributed by atoms with Crippen LogP contribution in [0.2, 0.25) is 5.02 Å². The fourth-order valence-electron chi connectivity index (χ4n) is 3.35. The third-order valence-electron chi connectivity index (χ3n) is 4.57. The molecule has 1 saturated heterocycles. The number of benzene rings is 1. The number of likely N-dealkylation sites (tertiary alicyclic amines) is 1. The predicted octanol–water partition coefficient (Wildman–Crippen LogP) is 4.40. The van der Waals surface area contributed by atoms with Gasteiger partial charge in [-0.25, -0.2) is 9.59 Å². The fraction of sp³-hybridized carbons (Fsp3) is 0.619. The summed E-state index contributed by atoms with van der Waals surface area (Å²) >= 11 is 6.19. The number of amides is 2. The lowest BCUT2D eigenvalue weighted by molar-refractivity contribution is -0.0245. The molecule has 1 aliphatic rings. The maximum absolute atomic E-state index is 12.5. The summed E-state index contributed by atoms with van der Waals surface area (Å²) in [6, 6.07) is 7.55. The molecule has 2 amide bonds. The van der Waals surface area contributed by atoms with Gasteiger partial charge in [0, 0.05) is 30.6 Å². The minimum atomic E-state index is -0.535. The minimum absolute atomic E-state index is 0.0906. The van der Waals surface area contributed by atoms with Gasteiger partial charge < -0.3 is 24.4 Å². The summed E-state index contributed by atoms with van der Waals surface area (Å²) in [5.74, 6) is 0.0906. The van der Waals surface area contributed by atoms with Gasteiger partial charge in [0.2, 0.25) is 0 Å². The van der Waals surface area contributed by atoms with Gasteiger partial charge in [-0.3, -0.25) is 0 Å². The van der Waals surface area contributed by atoms with Crippen molar-refractivity contribution < 1.29 is 23.8 Å². The predicted molar refractivity (Wildman–Crippen MR) is 111 cm³/mol. The highest BCUT2D eigenvalue weighted by molar-refractivity contribution is 6.30. The van der Waals surface area contributed by atoms with E-state index in [2.05, 4.69) is 10.1 Å². The molecule has 0 saturated carbocycles. The lowest BCUT2D eigenvalue weighted by Gasteiger charge is -2.37. The molecule has 2 unspecified atom stereocenters. The molecule has 0 aliphatic carbocycles. The number of nitrogens with one attached hydrogen (secondary N) is 1. The van der Waals surface area contributed by atoms with E-state index < -0.39 is 11.7 Å². The van der Waals surface area contributed by atoms with E-state index in [0.29, 0.717) is 31.3 Å². The summed E-state index contributed by atoms with van der Waals surface area (Å²) in [5.41, 5.74) is 0.415. The molecule has 0 radical (unpaired) electrons. The highest BCUT2D eigenvalue weighted by atomic mass is 35.5. The van der Waals surface area contributed by atoms with Crippen molar-refractivity contribution in [2.24, 2.45) is 5.92 Å². The Morgan fingerprint density at radius 2 is 2.10 bits per heavy atom. The summed E-state index contributed by atoms with van der Waals surface area (Å²) in [4.78, 5) is 25.5. The second-order valence-corrected chi connectivity index (χ2v) is 8.53. The average molecular weight is 427 g/mol. The van der Waals surface area contributed by atoms with Crippen LogP contribution in [0.25, 0.3) is 0 Å². The summed E-state index contributed by atoms with van der Waals surface area (Å²) in [5, 5.41) is 3.24. The van der Waals surface area contributed by atoms with Crippen LogP contribution in [0.1, 0.15) is 45.3 Å². The topological polar surface area (TPSA) is 77.1 Å². The number of rotatable bonds is 6. The van der Waals surface area contributed by atoms with Crippen molar-refractivity contribution in [3.63, 3.8) is 0 Å². The van der Waals surface area contributed by atoms with Crippen molar-refractivity contribution in [3.05, 3.63) is 34.9 Å². The van der Waals surface area contributed by atoms with E-state index in [4.69, 9.17) is 21.1 Å². The Hall–Kier alpha value is -1.99. The van der Waals surface area contributed by atoms with Crippen molar-refractivity contribution in [1.29, 1.82) is 0 Å². The van der Waals surface area contributed by atoms with E-state index in [9.17, 15) is 9.59 Å². The molecular formula is C21H31ClN2O5. The molecule has 7 nitrogen and oxygen atoms in total. The molecule has 29 heavy (non-hydrogen) atoms. The maximum Gasteiger partial charge on any atom is 0.410 e. The number of carbonyl (C=O) groups is 2. The maximum atomic E-state index is 12.5. The van der Waals surface area contributed by atoms with Crippen LogP contribution in [0.3, 0.4) is 0 Å². The van der Waals surface area contributed by atoms with E-state index in [0.717, 1.165) is 18.4 Å². The smallest absolute Gasteiger partial charge is 0.410 e. The highest BCUT2D eigenvalue weighted by Gasteiger charge is 2.33. The van der Waals surface area contributed by atoms with Gasteiger partial charge in [0.05, 0.1) is 19.8 Å². The van der Waals surface area contributed by atoms with Crippen molar-refractivity contribution in [3.8, 4) is 0 Å². The molecule has 2 rings (SSSR count). The number of piperidine rings is 1. The molecule has 0 aromatic heterocycles. The number of hydrogen-bond donors (Lipinski definition) is 1. The normalized spacial score (nSPS) is 18.1. The van der Waals surface area contributed by atoms with Crippen LogP contribution in [0, 0.1) is 5.92 Å². The molecule has 1 aromatic rings. The molecule has 0 bridgehead atoms. The van der Waals surface area contributed by atoms with Crippen LogP contribution in [0.15, 0.2) is 24.3 Å². The molecule has 1 N–H and O–H groups in total. The van der Waals surface area contributed by atoms with Gasteiger partial charge >= 0.3 is 12.2 Å². The van der Waals surface area contributed by atoms with E-state index in [1.54, 1.807) is 4.90 Å². The van der Waals surface area contributed by atoms with Crippen LogP contribution >= 0.6 is 11.6 Å². The number of methoxy groups -OCH3 is 1. The zero-order valence-corrected chi connectivity index (χ0v) is 18.3. The monoisotopic (exact) mass is 426 g/mol. The quantitative estimate of drug-likeness (QED) is 0.682. The van der Waals surface area contributed by atoms with Crippen molar-refractivity contribution in [1.82, 2.24) is 10.2 Å². The van der Waals surface area contributed by atoms with Gasteiger partial charge in [-0.05, 0) is 51.3 Å². The van der Waals surface area contributed by atoms with Gasteiger partial charge in [0.15, 0.2) is 0 Å².